The van der Waals surface area contributed by atoms with Crippen molar-refractivity contribution in [3.05, 3.63) is 17.3 Å². The van der Waals surface area contributed by atoms with Gasteiger partial charge < -0.3 is 16.8 Å². The van der Waals surface area contributed by atoms with Crippen LogP contribution in [0, 0.1) is 0 Å². The third-order valence-corrected chi connectivity index (χ3v) is 2.09. The lowest BCUT2D eigenvalue weighted by molar-refractivity contribution is -0.118. The highest BCUT2D eigenvalue weighted by atomic mass is 35.5. The molecule has 5 N–H and O–H groups in total. The third-order valence-electron chi connectivity index (χ3n) is 1.90. The van der Waals surface area contributed by atoms with Crippen LogP contribution < -0.4 is 16.8 Å². The number of carbonyl (C=O) groups is 1. The molecule has 0 bridgehead atoms. The third kappa shape index (κ3) is 3.94. The first-order chi connectivity index (χ1) is 7.28. The van der Waals surface area contributed by atoms with Crippen LogP contribution in [0.2, 0.25) is 5.15 Å². The first-order valence-corrected chi connectivity index (χ1v) is 5.16. The van der Waals surface area contributed by atoms with E-state index in [0.717, 1.165) is 0 Å². The molecule has 0 aliphatic carbocycles. The molecule has 0 saturated heterocycles. The predicted molar refractivity (Wildman–Crippen MR) is 65.2 cm³/mol. The minimum absolute atomic E-state index is 0.196. The second-order valence-corrected chi connectivity index (χ2v) is 4.65. The van der Waals surface area contributed by atoms with Crippen LogP contribution in [0.3, 0.4) is 0 Å². The first-order valence-electron chi connectivity index (χ1n) is 4.78. The number of anilines is 2. The van der Waals surface area contributed by atoms with E-state index in [1.807, 2.05) is 13.8 Å². The van der Waals surface area contributed by atoms with Crippen molar-refractivity contribution in [2.45, 2.75) is 25.8 Å². The number of primary amides is 1. The van der Waals surface area contributed by atoms with Gasteiger partial charge in [0, 0.05) is 23.7 Å². The van der Waals surface area contributed by atoms with Crippen molar-refractivity contribution >= 4 is 29.0 Å². The number of pyridine rings is 1. The highest BCUT2D eigenvalue weighted by Gasteiger charge is 2.20. The largest absolute Gasteiger partial charge is 0.399 e. The Morgan fingerprint density at radius 2 is 2.19 bits per heavy atom. The second-order valence-electron chi connectivity index (χ2n) is 4.26. The van der Waals surface area contributed by atoms with Crippen molar-refractivity contribution in [1.29, 1.82) is 0 Å². The SMILES string of the molecule is CC(C)(CC(N)=O)Nc1cc(N)cc(Cl)n1. The molecule has 6 heteroatoms. The average Bonchev–Trinajstić information content (AvgIpc) is 1.95. The van der Waals surface area contributed by atoms with Gasteiger partial charge in [-0.15, -0.1) is 0 Å². The highest BCUT2D eigenvalue weighted by molar-refractivity contribution is 6.29. The lowest BCUT2D eigenvalue weighted by Gasteiger charge is -2.25. The summed E-state index contributed by atoms with van der Waals surface area (Å²) in [7, 11) is 0. The van der Waals surface area contributed by atoms with Gasteiger partial charge in [0.25, 0.3) is 0 Å². The van der Waals surface area contributed by atoms with Gasteiger partial charge in [-0.2, -0.15) is 0 Å². The van der Waals surface area contributed by atoms with E-state index in [1.165, 1.54) is 0 Å². The molecule has 1 rings (SSSR count). The van der Waals surface area contributed by atoms with Crippen molar-refractivity contribution in [2.75, 3.05) is 11.1 Å². The van der Waals surface area contributed by atoms with Crippen LogP contribution in [0.15, 0.2) is 12.1 Å². The Bertz CT molecular complexity index is 386. The molecular formula is C10H15ClN4O. The molecule has 1 aromatic heterocycles. The minimum atomic E-state index is -0.490. The van der Waals surface area contributed by atoms with Crippen LogP contribution >= 0.6 is 11.6 Å². The van der Waals surface area contributed by atoms with E-state index in [1.54, 1.807) is 12.1 Å². The number of nitrogens with zero attached hydrogens (tertiary/aromatic N) is 1. The molecule has 0 radical (unpaired) electrons. The quantitative estimate of drug-likeness (QED) is 0.696. The molecule has 1 aromatic rings. The Kier molecular flexibility index (Phi) is 3.59. The summed E-state index contributed by atoms with van der Waals surface area (Å²) in [4.78, 5) is 14.9. The van der Waals surface area contributed by atoms with Gasteiger partial charge >= 0.3 is 0 Å². The van der Waals surface area contributed by atoms with Crippen LogP contribution in [0.5, 0.6) is 0 Å². The molecule has 0 aliphatic rings. The van der Waals surface area contributed by atoms with Crippen molar-refractivity contribution < 1.29 is 4.79 Å². The zero-order chi connectivity index (χ0) is 12.3. The number of amides is 1. The summed E-state index contributed by atoms with van der Waals surface area (Å²) in [5.41, 5.74) is 10.8. The number of nitrogen functional groups attached to an aromatic ring is 1. The van der Waals surface area contributed by atoms with Crippen LogP contribution in [-0.2, 0) is 4.79 Å². The molecule has 16 heavy (non-hydrogen) atoms. The lowest BCUT2D eigenvalue weighted by atomic mass is 10.0. The van der Waals surface area contributed by atoms with Gasteiger partial charge in [-0.3, -0.25) is 4.79 Å². The summed E-state index contributed by atoms with van der Waals surface area (Å²) in [6.07, 6.45) is 0.196. The Hall–Kier alpha value is -1.49. The molecular weight excluding hydrogens is 228 g/mol. The van der Waals surface area contributed by atoms with E-state index >= 15 is 0 Å². The average molecular weight is 243 g/mol. The maximum Gasteiger partial charge on any atom is 0.219 e. The van der Waals surface area contributed by atoms with Crippen molar-refractivity contribution in [1.82, 2.24) is 4.98 Å². The zero-order valence-electron chi connectivity index (χ0n) is 9.25. The summed E-state index contributed by atoms with van der Waals surface area (Å²) >= 11 is 5.76. The molecule has 88 valence electrons. The number of hydrogen-bond acceptors (Lipinski definition) is 4. The maximum atomic E-state index is 10.9. The summed E-state index contributed by atoms with van der Waals surface area (Å²) < 4.78 is 0. The zero-order valence-corrected chi connectivity index (χ0v) is 10.0. The van der Waals surface area contributed by atoms with Crippen LogP contribution in [0.25, 0.3) is 0 Å². The van der Waals surface area contributed by atoms with E-state index in [9.17, 15) is 4.79 Å². The van der Waals surface area contributed by atoms with Crippen molar-refractivity contribution in [3.63, 3.8) is 0 Å². The van der Waals surface area contributed by atoms with Crippen LogP contribution in [-0.4, -0.2) is 16.4 Å². The summed E-state index contributed by atoms with van der Waals surface area (Å²) in [5, 5.41) is 3.36. The number of hydrogen-bond donors (Lipinski definition) is 3. The number of halogens is 1. The number of aromatic nitrogens is 1. The van der Waals surface area contributed by atoms with E-state index in [0.29, 0.717) is 16.7 Å². The number of rotatable bonds is 4. The fourth-order valence-electron chi connectivity index (χ4n) is 1.41. The summed E-state index contributed by atoms with van der Waals surface area (Å²) in [5.74, 6) is 0.142. The predicted octanol–water partition coefficient (Wildman–Crippen LogP) is 1.38. The molecule has 1 amide bonds. The van der Waals surface area contributed by atoms with Crippen molar-refractivity contribution in [2.24, 2.45) is 5.73 Å². The number of nitrogens with two attached hydrogens (primary N) is 2. The fraction of sp³-hybridized carbons (Fsp3) is 0.400. The van der Waals surface area contributed by atoms with Gasteiger partial charge in [-0.05, 0) is 19.9 Å². The van der Waals surface area contributed by atoms with E-state index in [2.05, 4.69) is 10.3 Å². The van der Waals surface area contributed by atoms with E-state index in [4.69, 9.17) is 23.1 Å². The highest BCUT2D eigenvalue weighted by Crippen LogP contribution is 2.20. The standard InChI is InChI=1S/C10H15ClN4O/c1-10(2,5-8(13)16)15-9-4-6(12)3-7(11)14-9/h3-4H,5H2,1-2H3,(H2,13,16)(H3,12,14,15). The molecule has 1 heterocycles. The minimum Gasteiger partial charge on any atom is -0.399 e. The Labute approximate surface area is 99.2 Å². The molecule has 0 unspecified atom stereocenters. The molecule has 5 nitrogen and oxygen atoms in total. The number of carbonyl (C=O) groups excluding carboxylic acids is 1. The Balaban J connectivity index is 2.83. The van der Waals surface area contributed by atoms with Gasteiger partial charge in [0.05, 0.1) is 0 Å². The van der Waals surface area contributed by atoms with Crippen molar-refractivity contribution in [3.8, 4) is 0 Å². The number of nitrogens with one attached hydrogen (secondary N) is 1. The second kappa shape index (κ2) is 4.57. The maximum absolute atomic E-state index is 10.9. The molecule has 0 aliphatic heterocycles. The smallest absolute Gasteiger partial charge is 0.219 e. The molecule has 0 saturated carbocycles. The lowest BCUT2D eigenvalue weighted by Crippen LogP contribution is -2.36. The van der Waals surface area contributed by atoms with E-state index < -0.39 is 5.54 Å². The molecule has 0 fully saturated rings. The van der Waals surface area contributed by atoms with Gasteiger partial charge in [0.2, 0.25) is 5.91 Å². The Morgan fingerprint density at radius 1 is 1.56 bits per heavy atom. The van der Waals surface area contributed by atoms with Crippen LogP contribution in [0.4, 0.5) is 11.5 Å². The Morgan fingerprint density at radius 3 is 2.69 bits per heavy atom. The van der Waals surface area contributed by atoms with Crippen LogP contribution in [0.1, 0.15) is 20.3 Å². The fourth-order valence-corrected chi connectivity index (χ4v) is 1.62. The molecule has 0 spiro atoms. The van der Waals surface area contributed by atoms with E-state index in [-0.39, 0.29) is 12.3 Å². The van der Waals surface area contributed by atoms with Gasteiger partial charge in [0.15, 0.2) is 0 Å². The first kappa shape index (κ1) is 12.6. The summed E-state index contributed by atoms with van der Waals surface area (Å²) in [6.45, 7) is 3.69. The summed E-state index contributed by atoms with van der Waals surface area (Å²) in [6, 6.07) is 3.20. The van der Waals surface area contributed by atoms with Gasteiger partial charge in [0.1, 0.15) is 11.0 Å². The monoisotopic (exact) mass is 242 g/mol. The normalized spacial score (nSPS) is 11.2. The molecule has 0 atom stereocenters. The topological polar surface area (TPSA) is 94.0 Å². The van der Waals surface area contributed by atoms with Gasteiger partial charge in [-0.1, -0.05) is 11.6 Å². The molecule has 0 aromatic carbocycles. The van der Waals surface area contributed by atoms with Gasteiger partial charge in [-0.25, -0.2) is 4.98 Å².